The highest BCUT2D eigenvalue weighted by Crippen LogP contribution is 2.22. The van der Waals surface area contributed by atoms with Crippen LogP contribution >= 0.6 is 0 Å². The molecular weight excluding hydrogens is 180 g/mol. The second kappa shape index (κ2) is 7.50. The van der Waals surface area contributed by atoms with E-state index >= 15 is 0 Å². The van der Waals surface area contributed by atoms with E-state index in [2.05, 4.69) is 25.7 Å². The molecule has 0 saturated heterocycles. The maximum absolute atomic E-state index is 3.74. The fourth-order valence-electron chi connectivity index (χ4n) is 1.99. The monoisotopic (exact) mass is 204 g/mol. The second-order valence-electron chi connectivity index (χ2n) is 4.58. The largest absolute Gasteiger partial charge is 0.103 e. The van der Waals surface area contributed by atoms with Gasteiger partial charge in [0.25, 0.3) is 0 Å². The van der Waals surface area contributed by atoms with E-state index in [0.717, 1.165) is 0 Å². The van der Waals surface area contributed by atoms with Gasteiger partial charge in [-0.3, -0.25) is 0 Å². The summed E-state index contributed by atoms with van der Waals surface area (Å²) in [4.78, 5) is 0. The molecular formula is C15H24. The minimum absolute atomic E-state index is 1.19. The van der Waals surface area contributed by atoms with Crippen LogP contribution in [-0.4, -0.2) is 0 Å². The smallest absolute Gasteiger partial charge is 0.0280 e. The first-order valence-electron chi connectivity index (χ1n) is 6.29. The zero-order valence-corrected chi connectivity index (χ0v) is 10.1. The van der Waals surface area contributed by atoms with Crippen LogP contribution in [0.25, 0.3) is 0 Å². The maximum atomic E-state index is 3.74. The quantitative estimate of drug-likeness (QED) is 0.396. The van der Waals surface area contributed by atoms with E-state index in [1.165, 1.54) is 56.9 Å². The van der Waals surface area contributed by atoms with Crippen molar-refractivity contribution in [3.63, 3.8) is 0 Å². The average molecular weight is 204 g/mol. The Morgan fingerprint density at radius 1 is 1.13 bits per heavy atom. The van der Waals surface area contributed by atoms with Crippen molar-refractivity contribution in [2.75, 3.05) is 0 Å². The van der Waals surface area contributed by atoms with Crippen LogP contribution in [0, 0.1) is 0 Å². The van der Waals surface area contributed by atoms with E-state index < -0.39 is 0 Å². The van der Waals surface area contributed by atoms with Crippen LogP contribution in [0.1, 0.15) is 58.3 Å². The molecule has 0 atom stereocenters. The van der Waals surface area contributed by atoms with Gasteiger partial charge in [0.2, 0.25) is 0 Å². The van der Waals surface area contributed by atoms with Crippen LogP contribution < -0.4 is 0 Å². The maximum Gasteiger partial charge on any atom is -0.0280 e. The van der Waals surface area contributed by atoms with Crippen molar-refractivity contribution in [3.8, 4) is 0 Å². The van der Waals surface area contributed by atoms with E-state index in [0.29, 0.717) is 0 Å². The van der Waals surface area contributed by atoms with Gasteiger partial charge >= 0.3 is 0 Å². The molecule has 0 heteroatoms. The first-order valence-corrected chi connectivity index (χ1v) is 6.29. The van der Waals surface area contributed by atoms with E-state index in [-0.39, 0.29) is 0 Å². The van der Waals surface area contributed by atoms with Gasteiger partial charge in [-0.05, 0) is 45.4 Å². The molecule has 0 aromatic rings. The highest BCUT2D eigenvalue weighted by atomic mass is 14.1. The minimum Gasteiger partial charge on any atom is -0.103 e. The van der Waals surface area contributed by atoms with E-state index in [9.17, 15) is 0 Å². The topological polar surface area (TPSA) is 0 Å². The molecule has 0 unspecified atom stereocenters. The Morgan fingerprint density at radius 3 is 2.60 bits per heavy atom. The lowest BCUT2D eigenvalue weighted by Crippen LogP contribution is -1.91. The van der Waals surface area contributed by atoms with Crippen LogP contribution in [0.4, 0.5) is 0 Å². The SMILES string of the molecule is C=CCCCCCCC1=CC=C(C)CC1. The molecule has 1 aliphatic rings. The van der Waals surface area contributed by atoms with Gasteiger partial charge < -0.3 is 0 Å². The fourth-order valence-corrected chi connectivity index (χ4v) is 1.99. The number of hydrogen-bond acceptors (Lipinski definition) is 0. The molecule has 84 valence electrons. The predicted octanol–water partition coefficient (Wildman–Crippen LogP) is 5.18. The van der Waals surface area contributed by atoms with Crippen molar-refractivity contribution in [2.24, 2.45) is 0 Å². The second-order valence-corrected chi connectivity index (χ2v) is 4.58. The predicted molar refractivity (Wildman–Crippen MR) is 69.0 cm³/mol. The molecule has 0 fully saturated rings. The minimum atomic E-state index is 1.19. The van der Waals surface area contributed by atoms with Crippen LogP contribution in [-0.2, 0) is 0 Å². The summed E-state index contributed by atoms with van der Waals surface area (Å²) >= 11 is 0. The molecule has 1 rings (SSSR count). The Kier molecular flexibility index (Phi) is 6.15. The zero-order valence-electron chi connectivity index (χ0n) is 10.1. The van der Waals surface area contributed by atoms with Gasteiger partial charge in [-0.1, -0.05) is 42.2 Å². The van der Waals surface area contributed by atoms with Crippen LogP contribution in [0.3, 0.4) is 0 Å². The van der Waals surface area contributed by atoms with Crippen molar-refractivity contribution in [1.29, 1.82) is 0 Å². The highest BCUT2D eigenvalue weighted by Gasteiger charge is 2.02. The molecule has 0 N–H and O–H groups in total. The Bertz CT molecular complexity index is 243. The first-order chi connectivity index (χ1) is 7.33. The lowest BCUT2D eigenvalue weighted by atomic mass is 9.95. The summed E-state index contributed by atoms with van der Waals surface area (Å²) in [6.45, 7) is 5.97. The average Bonchev–Trinajstić information content (AvgIpc) is 2.26. The van der Waals surface area contributed by atoms with Gasteiger partial charge in [0, 0.05) is 0 Å². The van der Waals surface area contributed by atoms with E-state index in [1.807, 2.05) is 6.08 Å². The molecule has 1 aliphatic carbocycles. The van der Waals surface area contributed by atoms with Crippen LogP contribution in [0.5, 0.6) is 0 Å². The third-order valence-electron chi connectivity index (χ3n) is 3.10. The molecule has 0 saturated carbocycles. The molecule has 0 aliphatic heterocycles. The number of rotatable bonds is 7. The van der Waals surface area contributed by atoms with Crippen LogP contribution in [0.15, 0.2) is 36.0 Å². The number of allylic oxidation sites excluding steroid dienone is 5. The van der Waals surface area contributed by atoms with Gasteiger partial charge in [0.15, 0.2) is 0 Å². The molecule has 15 heavy (non-hydrogen) atoms. The summed E-state index contributed by atoms with van der Waals surface area (Å²) in [5.74, 6) is 0. The fraction of sp³-hybridized carbons (Fsp3) is 0.600. The zero-order chi connectivity index (χ0) is 10.9. The molecule has 0 bridgehead atoms. The van der Waals surface area contributed by atoms with Crippen molar-refractivity contribution in [1.82, 2.24) is 0 Å². The molecule has 0 aromatic heterocycles. The highest BCUT2D eigenvalue weighted by molar-refractivity contribution is 5.22. The third-order valence-corrected chi connectivity index (χ3v) is 3.10. The van der Waals surface area contributed by atoms with Crippen molar-refractivity contribution < 1.29 is 0 Å². The van der Waals surface area contributed by atoms with Gasteiger partial charge in [0.05, 0.1) is 0 Å². The summed E-state index contributed by atoms with van der Waals surface area (Å²) in [6.07, 6.45) is 17.2. The lowest BCUT2D eigenvalue weighted by Gasteiger charge is -2.11. The summed E-state index contributed by atoms with van der Waals surface area (Å²) in [6, 6.07) is 0. The summed E-state index contributed by atoms with van der Waals surface area (Å²) in [5.41, 5.74) is 3.19. The Hall–Kier alpha value is -0.780. The van der Waals surface area contributed by atoms with Gasteiger partial charge in [-0.15, -0.1) is 6.58 Å². The first kappa shape index (κ1) is 12.3. The molecule has 0 radical (unpaired) electrons. The number of hydrogen-bond donors (Lipinski definition) is 0. The molecule has 0 amide bonds. The van der Waals surface area contributed by atoms with Gasteiger partial charge in [0.1, 0.15) is 0 Å². The normalized spacial score (nSPS) is 15.8. The summed E-state index contributed by atoms with van der Waals surface area (Å²) in [7, 11) is 0. The molecule has 0 spiro atoms. The van der Waals surface area contributed by atoms with Crippen molar-refractivity contribution >= 4 is 0 Å². The molecule has 0 nitrogen and oxygen atoms in total. The van der Waals surface area contributed by atoms with Gasteiger partial charge in [-0.25, -0.2) is 0 Å². The van der Waals surface area contributed by atoms with E-state index in [1.54, 1.807) is 5.57 Å². The molecule has 0 aromatic carbocycles. The Morgan fingerprint density at radius 2 is 1.93 bits per heavy atom. The Balaban J connectivity index is 2.03. The Labute approximate surface area is 94.8 Å². The number of unbranched alkanes of at least 4 members (excludes halogenated alkanes) is 4. The standard InChI is InChI=1S/C15H24/c1-3-4-5-6-7-8-9-15-12-10-14(2)11-13-15/h3,10,12H,1,4-9,11,13H2,2H3. The molecule has 0 heterocycles. The summed E-state index contributed by atoms with van der Waals surface area (Å²) < 4.78 is 0. The lowest BCUT2D eigenvalue weighted by molar-refractivity contribution is 0.635. The van der Waals surface area contributed by atoms with Gasteiger partial charge in [-0.2, -0.15) is 0 Å². The van der Waals surface area contributed by atoms with Crippen LogP contribution in [0.2, 0.25) is 0 Å². The third kappa shape index (κ3) is 5.61. The van der Waals surface area contributed by atoms with Crippen molar-refractivity contribution in [2.45, 2.75) is 58.3 Å². The summed E-state index contributed by atoms with van der Waals surface area (Å²) in [5, 5.41) is 0. The van der Waals surface area contributed by atoms with Crippen molar-refractivity contribution in [3.05, 3.63) is 36.0 Å². The van der Waals surface area contributed by atoms with E-state index in [4.69, 9.17) is 0 Å².